The highest BCUT2D eigenvalue weighted by Gasteiger charge is 2.59. The van der Waals surface area contributed by atoms with Crippen LogP contribution in [0.4, 0.5) is 0 Å². The maximum atomic E-state index is 12.7. The minimum Gasteiger partial charge on any atom is -0.341 e. The van der Waals surface area contributed by atoms with Gasteiger partial charge in [-0.25, -0.2) is 0 Å². The average molecular weight is 323 g/mol. The van der Waals surface area contributed by atoms with Crippen molar-refractivity contribution in [3.63, 3.8) is 0 Å². The second-order valence-corrected chi connectivity index (χ2v) is 6.68. The molecule has 1 spiro atoms. The summed E-state index contributed by atoms with van der Waals surface area (Å²) in [4.78, 5) is 14.8. The summed E-state index contributed by atoms with van der Waals surface area (Å²) in [6.07, 6.45) is 7.19. The summed E-state index contributed by atoms with van der Waals surface area (Å²) in [7, 11) is 0. The summed E-state index contributed by atoms with van der Waals surface area (Å²) < 4.78 is 0. The standard InChI is InChI=1S/C18H26N2O.ClH/c19-11-13-20(12-8-15-6-2-1-3-7-15)17(21)16-14-18(16)9-4-5-10-18;/h1-3,6-7,16H,4-5,8-14,19H2;1H. The molecule has 0 heterocycles. The Morgan fingerprint density at radius 2 is 1.86 bits per heavy atom. The van der Waals surface area contributed by atoms with Crippen LogP contribution in [0.5, 0.6) is 0 Å². The number of hydrogen-bond acceptors (Lipinski definition) is 2. The molecule has 122 valence electrons. The van der Waals surface area contributed by atoms with Crippen molar-refractivity contribution >= 4 is 18.3 Å². The average Bonchev–Trinajstić information content (AvgIpc) is 3.01. The first-order chi connectivity index (χ1) is 10.2. The third kappa shape index (κ3) is 3.64. The summed E-state index contributed by atoms with van der Waals surface area (Å²) in [6, 6.07) is 10.4. The van der Waals surface area contributed by atoms with Crippen LogP contribution in [0.25, 0.3) is 0 Å². The van der Waals surface area contributed by atoms with E-state index in [9.17, 15) is 4.79 Å². The number of hydrogen-bond donors (Lipinski definition) is 1. The predicted molar refractivity (Wildman–Crippen MR) is 92.0 cm³/mol. The first kappa shape index (κ1) is 17.3. The van der Waals surface area contributed by atoms with Gasteiger partial charge in [0, 0.05) is 25.6 Å². The van der Waals surface area contributed by atoms with Crippen LogP contribution >= 0.6 is 12.4 Å². The van der Waals surface area contributed by atoms with Gasteiger partial charge in [0.15, 0.2) is 0 Å². The molecule has 4 heteroatoms. The summed E-state index contributed by atoms with van der Waals surface area (Å²) in [6.45, 7) is 2.05. The molecule has 2 aliphatic rings. The SMILES string of the molecule is Cl.NCCN(CCc1ccccc1)C(=O)C1CC12CCCC2. The fourth-order valence-electron chi connectivity index (χ4n) is 3.95. The van der Waals surface area contributed by atoms with Crippen molar-refractivity contribution < 1.29 is 4.79 Å². The summed E-state index contributed by atoms with van der Waals surface area (Å²) in [5.41, 5.74) is 7.38. The Bertz CT molecular complexity index is 485. The van der Waals surface area contributed by atoms with Crippen LogP contribution in [-0.4, -0.2) is 30.4 Å². The van der Waals surface area contributed by atoms with Gasteiger partial charge >= 0.3 is 0 Å². The Morgan fingerprint density at radius 3 is 2.50 bits per heavy atom. The van der Waals surface area contributed by atoms with Crippen LogP contribution in [0, 0.1) is 11.3 Å². The van der Waals surface area contributed by atoms with Crippen molar-refractivity contribution in [1.29, 1.82) is 0 Å². The fraction of sp³-hybridized carbons (Fsp3) is 0.611. The molecular formula is C18H27ClN2O. The van der Waals surface area contributed by atoms with Gasteiger partial charge in [-0.15, -0.1) is 12.4 Å². The van der Waals surface area contributed by atoms with Gasteiger partial charge in [-0.05, 0) is 36.7 Å². The second-order valence-electron chi connectivity index (χ2n) is 6.68. The molecule has 1 atom stereocenters. The van der Waals surface area contributed by atoms with E-state index in [0.29, 0.717) is 30.3 Å². The van der Waals surface area contributed by atoms with E-state index >= 15 is 0 Å². The first-order valence-corrected chi connectivity index (χ1v) is 8.28. The lowest BCUT2D eigenvalue weighted by molar-refractivity contribution is -0.133. The Balaban J connectivity index is 0.00000176. The minimum atomic E-state index is 0. The zero-order valence-electron chi connectivity index (χ0n) is 13.2. The largest absolute Gasteiger partial charge is 0.341 e. The van der Waals surface area contributed by atoms with Crippen molar-refractivity contribution in [3.8, 4) is 0 Å². The summed E-state index contributed by atoms with van der Waals surface area (Å²) in [5, 5.41) is 0. The van der Waals surface area contributed by atoms with Crippen LogP contribution < -0.4 is 5.73 Å². The fourth-order valence-corrected chi connectivity index (χ4v) is 3.95. The molecule has 3 nitrogen and oxygen atoms in total. The molecule has 2 saturated carbocycles. The molecule has 0 bridgehead atoms. The van der Waals surface area contributed by atoms with Crippen molar-refractivity contribution in [2.24, 2.45) is 17.1 Å². The number of rotatable bonds is 6. The molecule has 0 saturated heterocycles. The molecule has 3 rings (SSSR count). The van der Waals surface area contributed by atoms with Gasteiger partial charge in [-0.3, -0.25) is 4.79 Å². The topological polar surface area (TPSA) is 46.3 Å². The number of benzene rings is 1. The molecule has 2 fully saturated rings. The zero-order valence-corrected chi connectivity index (χ0v) is 14.0. The Kier molecular flexibility index (Phi) is 5.87. The molecule has 0 aromatic heterocycles. The lowest BCUT2D eigenvalue weighted by atomic mass is 10.0. The number of amides is 1. The van der Waals surface area contributed by atoms with Gasteiger partial charge in [0.05, 0.1) is 0 Å². The molecule has 1 aromatic carbocycles. The van der Waals surface area contributed by atoms with Crippen LogP contribution in [0.15, 0.2) is 30.3 Å². The van der Waals surface area contributed by atoms with Crippen LogP contribution in [-0.2, 0) is 11.2 Å². The van der Waals surface area contributed by atoms with E-state index in [1.165, 1.54) is 31.2 Å². The zero-order chi connectivity index (χ0) is 14.7. The van der Waals surface area contributed by atoms with Gasteiger partial charge in [0.1, 0.15) is 0 Å². The second kappa shape index (κ2) is 7.47. The highest BCUT2D eigenvalue weighted by Crippen LogP contribution is 2.63. The maximum absolute atomic E-state index is 12.7. The van der Waals surface area contributed by atoms with Crippen LogP contribution in [0.2, 0.25) is 0 Å². The predicted octanol–water partition coefficient (Wildman–Crippen LogP) is 3.02. The Hall–Kier alpha value is -1.06. The Morgan fingerprint density at radius 1 is 1.18 bits per heavy atom. The number of halogens is 1. The number of nitrogens with two attached hydrogens (primary N) is 1. The van der Waals surface area contributed by atoms with Gasteiger partial charge in [0.25, 0.3) is 0 Å². The number of carbonyl (C=O) groups excluding carboxylic acids is 1. The van der Waals surface area contributed by atoms with E-state index in [4.69, 9.17) is 5.73 Å². The molecule has 1 aromatic rings. The van der Waals surface area contributed by atoms with Crippen LogP contribution in [0.3, 0.4) is 0 Å². The van der Waals surface area contributed by atoms with E-state index in [0.717, 1.165) is 19.4 Å². The smallest absolute Gasteiger partial charge is 0.226 e. The number of nitrogens with zero attached hydrogens (tertiary/aromatic N) is 1. The minimum absolute atomic E-state index is 0. The third-order valence-electron chi connectivity index (χ3n) is 5.31. The van der Waals surface area contributed by atoms with Crippen molar-refractivity contribution in [2.75, 3.05) is 19.6 Å². The first-order valence-electron chi connectivity index (χ1n) is 8.28. The highest BCUT2D eigenvalue weighted by molar-refractivity contribution is 5.85. The normalized spacial score (nSPS) is 21.4. The van der Waals surface area contributed by atoms with E-state index in [1.54, 1.807) is 0 Å². The summed E-state index contributed by atoms with van der Waals surface area (Å²) >= 11 is 0. The quantitative estimate of drug-likeness (QED) is 0.875. The van der Waals surface area contributed by atoms with E-state index in [1.807, 2.05) is 11.0 Å². The number of carbonyl (C=O) groups is 1. The lowest BCUT2D eigenvalue weighted by Crippen LogP contribution is -2.38. The highest BCUT2D eigenvalue weighted by atomic mass is 35.5. The molecule has 2 N–H and O–H groups in total. The van der Waals surface area contributed by atoms with Crippen molar-refractivity contribution in [3.05, 3.63) is 35.9 Å². The van der Waals surface area contributed by atoms with Gasteiger partial charge in [0.2, 0.25) is 5.91 Å². The molecule has 1 amide bonds. The molecule has 2 aliphatic carbocycles. The Labute approximate surface area is 139 Å². The van der Waals surface area contributed by atoms with E-state index in [-0.39, 0.29) is 12.4 Å². The molecule has 22 heavy (non-hydrogen) atoms. The lowest BCUT2D eigenvalue weighted by Gasteiger charge is -2.23. The molecular weight excluding hydrogens is 296 g/mol. The van der Waals surface area contributed by atoms with E-state index < -0.39 is 0 Å². The van der Waals surface area contributed by atoms with Crippen molar-refractivity contribution in [1.82, 2.24) is 4.90 Å². The third-order valence-corrected chi connectivity index (χ3v) is 5.31. The molecule has 1 unspecified atom stereocenters. The van der Waals surface area contributed by atoms with Crippen molar-refractivity contribution in [2.45, 2.75) is 38.5 Å². The van der Waals surface area contributed by atoms with E-state index in [2.05, 4.69) is 24.3 Å². The van der Waals surface area contributed by atoms with Gasteiger partial charge in [-0.2, -0.15) is 0 Å². The monoisotopic (exact) mass is 322 g/mol. The summed E-state index contributed by atoms with van der Waals surface area (Å²) in [5.74, 6) is 0.653. The van der Waals surface area contributed by atoms with Crippen LogP contribution in [0.1, 0.15) is 37.7 Å². The molecule has 0 aliphatic heterocycles. The maximum Gasteiger partial charge on any atom is 0.226 e. The van der Waals surface area contributed by atoms with Gasteiger partial charge < -0.3 is 10.6 Å². The molecule has 0 radical (unpaired) electrons. The van der Waals surface area contributed by atoms with Gasteiger partial charge in [-0.1, -0.05) is 43.2 Å².